The smallest absolute Gasteiger partial charge is 0.273 e. The van der Waals surface area contributed by atoms with E-state index in [4.69, 9.17) is 0 Å². The van der Waals surface area contributed by atoms with Crippen LogP contribution in [-0.2, 0) is 7.05 Å². The van der Waals surface area contributed by atoms with Crippen LogP contribution in [0.15, 0.2) is 6.20 Å². The molecule has 0 spiro atoms. The Kier molecular flexibility index (Phi) is 5.42. The summed E-state index contributed by atoms with van der Waals surface area (Å²) in [4.78, 5) is 14.6. The number of hydrogen-bond acceptors (Lipinski definition) is 3. The number of nitrogens with one attached hydrogen (secondary N) is 1. The molecule has 1 aromatic rings. The standard InChI is InChI=1S/C14H23IN4O/c1-10-4-6-19(7-5-10)8-11(2)16-14(20)13-12(15)9-18(3)17-13/h9-11H,4-8H2,1-3H3,(H,16,20). The van der Waals surface area contributed by atoms with Crippen LogP contribution in [0.1, 0.15) is 37.2 Å². The number of halogens is 1. The van der Waals surface area contributed by atoms with Crippen molar-refractivity contribution in [3.63, 3.8) is 0 Å². The van der Waals surface area contributed by atoms with E-state index in [-0.39, 0.29) is 11.9 Å². The maximum Gasteiger partial charge on any atom is 0.273 e. The number of amides is 1. The minimum Gasteiger partial charge on any atom is -0.347 e. The van der Waals surface area contributed by atoms with Gasteiger partial charge in [0.25, 0.3) is 5.91 Å². The number of piperidine rings is 1. The number of nitrogens with zero attached hydrogens (tertiary/aromatic N) is 3. The van der Waals surface area contributed by atoms with E-state index in [2.05, 4.69) is 51.8 Å². The number of aromatic nitrogens is 2. The Hall–Kier alpha value is -0.630. The van der Waals surface area contributed by atoms with Gasteiger partial charge < -0.3 is 10.2 Å². The molecule has 1 saturated heterocycles. The van der Waals surface area contributed by atoms with Crippen molar-refractivity contribution in [3.8, 4) is 0 Å². The molecule has 1 aliphatic heterocycles. The molecule has 2 rings (SSSR count). The Bertz CT molecular complexity index is 466. The van der Waals surface area contributed by atoms with Gasteiger partial charge in [0.1, 0.15) is 0 Å². The third-order valence-electron chi connectivity index (χ3n) is 3.79. The molecule has 1 fully saturated rings. The lowest BCUT2D eigenvalue weighted by atomic mass is 9.99. The van der Waals surface area contributed by atoms with Crippen molar-refractivity contribution < 1.29 is 4.79 Å². The van der Waals surface area contributed by atoms with Crippen LogP contribution in [0.3, 0.4) is 0 Å². The normalized spacial score (nSPS) is 19.0. The first kappa shape index (κ1) is 15.8. The largest absolute Gasteiger partial charge is 0.347 e. The molecule has 1 atom stereocenters. The lowest BCUT2D eigenvalue weighted by molar-refractivity contribution is 0.0915. The minimum atomic E-state index is -0.0760. The summed E-state index contributed by atoms with van der Waals surface area (Å²) in [5, 5.41) is 7.25. The predicted octanol–water partition coefficient (Wildman–Crippen LogP) is 1.87. The molecule has 20 heavy (non-hydrogen) atoms. The molecule has 5 nitrogen and oxygen atoms in total. The highest BCUT2D eigenvalue weighted by molar-refractivity contribution is 14.1. The number of aryl methyl sites for hydroxylation is 1. The molecular formula is C14H23IN4O. The molecule has 0 aliphatic carbocycles. The third-order valence-corrected chi connectivity index (χ3v) is 4.57. The van der Waals surface area contributed by atoms with Gasteiger partial charge in [-0.1, -0.05) is 6.92 Å². The molecule has 0 aromatic carbocycles. The Morgan fingerprint density at radius 3 is 2.75 bits per heavy atom. The second kappa shape index (κ2) is 6.89. The summed E-state index contributed by atoms with van der Waals surface area (Å²) in [5.74, 6) is 0.763. The molecule has 1 N–H and O–H groups in total. The molecule has 2 heterocycles. The Balaban J connectivity index is 1.83. The fourth-order valence-electron chi connectivity index (χ4n) is 2.58. The summed E-state index contributed by atoms with van der Waals surface area (Å²) >= 11 is 2.15. The SMILES string of the molecule is CC1CCN(CC(C)NC(=O)c2nn(C)cc2I)CC1. The van der Waals surface area contributed by atoms with Crippen LogP contribution in [0.5, 0.6) is 0 Å². The van der Waals surface area contributed by atoms with Crippen LogP contribution in [0, 0.1) is 9.49 Å². The lowest BCUT2D eigenvalue weighted by Gasteiger charge is -2.32. The highest BCUT2D eigenvalue weighted by atomic mass is 127. The van der Waals surface area contributed by atoms with E-state index in [1.54, 1.807) is 4.68 Å². The van der Waals surface area contributed by atoms with Gasteiger partial charge in [-0.15, -0.1) is 0 Å². The summed E-state index contributed by atoms with van der Waals surface area (Å²) in [6.45, 7) is 7.57. The van der Waals surface area contributed by atoms with Gasteiger partial charge in [-0.05, 0) is 61.4 Å². The van der Waals surface area contributed by atoms with E-state index in [0.717, 1.165) is 29.1 Å². The van der Waals surface area contributed by atoms with E-state index >= 15 is 0 Å². The third kappa shape index (κ3) is 4.18. The molecule has 0 radical (unpaired) electrons. The summed E-state index contributed by atoms with van der Waals surface area (Å²) < 4.78 is 2.56. The van der Waals surface area contributed by atoms with Gasteiger partial charge in [0.05, 0.1) is 3.57 Å². The van der Waals surface area contributed by atoms with Gasteiger partial charge in [0, 0.05) is 25.8 Å². The fraction of sp³-hybridized carbons (Fsp3) is 0.714. The first-order valence-electron chi connectivity index (χ1n) is 7.18. The molecule has 1 amide bonds. The minimum absolute atomic E-state index is 0.0760. The van der Waals surface area contributed by atoms with E-state index in [1.165, 1.54) is 12.8 Å². The molecule has 1 aromatic heterocycles. The zero-order valence-electron chi connectivity index (χ0n) is 12.4. The van der Waals surface area contributed by atoms with E-state index in [9.17, 15) is 4.79 Å². The van der Waals surface area contributed by atoms with Gasteiger partial charge in [-0.2, -0.15) is 5.10 Å². The number of hydrogen-bond donors (Lipinski definition) is 1. The van der Waals surface area contributed by atoms with Crippen LogP contribution >= 0.6 is 22.6 Å². The maximum absolute atomic E-state index is 12.2. The molecule has 0 saturated carbocycles. The monoisotopic (exact) mass is 390 g/mol. The average Bonchev–Trinajstić information content (AvgIpc) is 2.71. The fourth-order valence-corrected chi connectivity index (χ4v) is 3.34. The molecular weight excluding hydrogens is 367 g/mol. The average molecular weight is 390 g/mol. The molecule has 1 unspecified atom stereocenters. The van der Waals surface area contributed by atoms with Crippen LogP contribution in [0.2, 0.25) is 0 Å². The molecule has 0 bridgehead atoms. The number of likely N-dealkylation sites (tertiary alicyclic amines) is 1. The van der Waals surface area contributed by atoms with Crippen molar-refractivity contribution in [2.45, 2.75) is 32.7 Å². The van der Waals surface area contributed by atoms with Gasteiger partial charge in [0.2, 0.25) is 0 Å². The Morgan fingerprint density at radius 1 is 1.55 bits per heavy atom. The second-order valence-corrected chi connectivity index (χ2v) is 7.02. The predicted molar refractivity (Wildman–Crippen MR) is 87.7 cm³/mol. The van der Waals surface area contributed by atoms with Gasteiger partial charge in [-0.3, -0.25) is 9.48 Å². The topological polar surface area (TPSA) is 50.2 Å². The maximum atomic E-state index is 12.2. The zero-order valence-corrected chi connectivity index (χ0v) is 14.6. The van der Waals surface area contributed by atoms with E-state index in [0.29, 0.717) is 5.69 Å². The van der Waals surface area contributed by atoms with Crippen molar-refractivity contribution in [3.05, 3.63) is 15.5 Å². The quantitative estimate of drug-likeness (QED) is 0.799. The number of rotatable bonds is 4. The molecule has 112 valence electrons. The highest BCUT2D eigenvalue weighted by Crippen LogP contribution is 2.16. The summed E-state index contributed by atoms with van der Waals surface area (Å²) in [6.07, 6.45) is 4.38. The molecule has 1 aliphatic rings. The summed E-state index contributed by atoms with van der Waals surface area (Å²) in [7, 11) is 1.83. The zero-order chi connectivity index (χ0) is 14.7. The second-order valence-electron chi connectivity index (χ2n) is 5.86. The first-order valence-corrected chi connectivity index (χ1v) is 8.26. The van der Waals surface area contributed by atoms with Crippen LogP contribution < -0.4 is 5.32 Å². The van der Waals surface area contributed by atoms with Gasteiger partial charge in [0.15, 0.2) is 5.69 Å². The Morgan fingerprint density at radius 2 is 2.20 bits per heavy atom. The van der Waals surface area contributed by atoms with Crippen molar-refractivity contribution in [2.75, 3.05) is 19.6 Å². The van der Waals surface area contributed by atoms with Gasteiger partial charge >= 0.3 is 0 Å². The first-order chi connectivity index (χ1) is 9.45. The molecule has 6 heteroatoms. The Labute approximate surface area is 134 Å². The van der Waals surface area contributed by atoms with Crippen LogP contribution in [0.25, 0.3) is 0 Å². The van der Waals surface area contributed by atoms with E-state index < -0.39 is 0 Å². The van der Waals surface area contributed by atoms with E-state index in [1.807, 2.05) is 13.2 Å². The van der Waals surface area contributed by atoms with Crippen LogP contribution in [0.4, 0.5) is 0 Å². The van der Waals surface area contributed by atoms with Crippen molar-refractivity contribution >= 4 is 28.5 Å². The van der Waals surface area contributed by atoms with Crippen LogP contribution in [-0.4, -0.2) is 46.3 Å². The van der Waals surface area contributed by atoms with Crippen molar-refractivity contribution in [1.82, 2.24) is 20.0 Å². The summed E-state index contributed by atoms with van der Waals surface area (Å²) in [6, 6.07) is 0.147. The number of carbonyl (C=O) groups excluding carboxylic acids is 1. The van der Waals surface area contributed by atoms with Gasteiger partial charge in [-0.25, -0.2) is 0 Å². The van der Waals surface area contributed by atoms with Crippen molar-refractivity contribution in [2.24, 2.45) is 13.0 Å². The number of carbonyl (C=O) groups is 1. The highest BCUT2D eigenvalue weighted by Gasteiger charge is 2.20. The lowest BCUT2D eigenvalue weighted by Crippen LogP contribution is -2.44. The van der Waals surface area contributed by atoms with Crippen molar-refractivity contribution in [1.29, 1.82) is 0 Å². The summed E-state index contributed by atoms with van der Waals surface area (Å²) in [5.41, 5.74) is 0.521.